The molecule has 1 amide bonds. The quantitative estimate of drug-likeness (QED) is 0.909. The fourth-order valence-corrected chi connectivity index (χ4v) is 2.01. The van der Waals surface area contributed by atoms with Crippen LogP contribution in [-0.4, -0.2) is 17.0 Å². The zero-order valence-corrected chi connectivity index (χ0v) is 11.2. The van der Waals surface area contributed by atoms with E-state index in [0.717, 1.165) is 0 Å². The van der Waals surface area contributed by atoms with Crippen LogP contribution in [0.15, 0.2) is 54.6 Å². The van der Waals surface area contributed by atoms with E-state index in [-0.39, 0.29) is 10.6 Å². The molecular formula is C15H12ClNO3. The van der Waals surface area contributed by atoms with E-state index < -0.39 is 17.9 Å². The second-order valence-electron chi connectivity index (χ2n) is 4.14. The van der Waals surface area contributed by atoms with Crippen LogP contribution >= 0.6 is 11.6 Å². The van der Waals surface area contributed by atoms with Crippen molar-refractivity contribution in [2.45, 2.75) is 6.04 Å². The van der Waals surface area contributed by atoms with E-state index in [4.69, 9.17) is 11.6 Å². The lowest BCUT2D eigenvalue weighted by atomic mass is 10.1. The molecule has 5 heteroatoms. The molecule has 102 valence electrons. The number of rotatable bonds is 4. The number of carbonyl (C=O) groups is 2. The van der Waals surface area contributed by atoms with Gasteiger partial charge in [-0.1, -0.05) is 54.1 Å². The Morgan fingerprint density at radius 3 is 2.20 bits per heavy atom. The Morgan fingerprint density at radius 1 is 1.00 bits per heavy atom. The van der Waals surface area contributed by atoms with Crippen LogP contribution in [0, 0.1) is 0 Å². The number of carbonyl (C=O) groups excluding carboxylic acids is 1. The molecule has 2 N–H and O–H groups in total. The minimum atomic E-state index is -1.13. The third-order valence-electron chi connectivity index (χ3n) is 2.77. The van der Waals surface area contributed by atoms with E-state index in [1.54, 1.807) is 54.6 Å². The van der Waals surface area contributed by atoms with Gasteiger partial charge in [-0.2, -0.15) is 0 Å². The highest BCUT2D eigenvalue weighted by molar-refractivity contribution is 6.33. The molecular weight excluding hydrogens is 278 g/mol. The average molecular weight is 290 g/mol. The van der Waals surface area contributed by atoms with Gasteiger partial charge in [-0.05, 0) is 17.7 Å². The lowest BCUT2D eigenvalue weighted by Crippen LogP contribution is -2.33. The van der Waals surface area contributed by atoms with Crippen molar-refractivity contribution in [1.82, 2.24) is 5.32 Å². The summed E-state index contributed by atoms with van der Waals surface area (Å²) in [6, 6.07) is 13.9. The molecule has 0 radical (unpaired) electrons. The molecule has 0 heterocycles. The Labute approximate surface area is 121 Å². The summed E-state index contributed by atoms with van der Waals surface area (Å²) in [7, 11) is 0. The fourth-order valence-electron chi connectivity index (χ4n) is 1.79. The number of amides is 1. The normalized spacial score (nSPS) is 11.7. The first-order valence-electron chi connectivity index (χ1n) is 5.92. The predicted octanol–water partition coefficient (Wildman–Crippen LogP) is 2.90. The molecule has 0 fully saturated rings. The van der Waals surface area contributed by atoms with Crippen LogP contribution in [0.4, 0.5) is 0 Å². The molecule has 0 aromatic heterocycles. The van der Waals surface area contributed by atoms with E-state index in [0.29, 0.717) is 5.56 Å². The second kappa shape index (κ2) is 6.21. The smallest absolute Gasteiger partial charge is 0.330 e. The van der Waals surface area contributed by atoms with Gasteiger partial charge in [0.05, 0.1) is 10.6 Å². The first-order chi connectivity index (χ1) is 9.59. The molecule has 2 aromatic carbocycles. The molecule has 0 saturated heterocycles. The molecule has 0 saturated carbocycles. The Balaban J connectivity index is 2.24. The topological polar surface area (TPSA) is 66.4 Å². The number of aliphatic carboxylic acids is 1. The summed E-state index contributed by atoms with van der Waals surface area (Å²) in [6.07, 6.45) is 0. The number of hydrogen-bond donors (Lipinski definition) is 2. The minimum absolute atomic E-state index is 0.247. The SMILES string of the molecule is O=C(N[C@H](C(=O)O)c1ccccc1)c1ccccc1Cl. The molecule has 2 aromatic rings. The van der Waals surface area contributed by atoms with E-state index in [9.17, 15) is 14.7 Å². The minimum Gasteiger partial charge on any atom is -0.479 e. The van der Waals surface area contributed by atoms with Crippen LogP contribution in [0.3, 0.4) is 0 Å². The van der Waals surface area contributed by atoms with Gasteiger partial charge in [-0.25, -0.2) is 4.79 Å². The molecule has 0 aliphatic heterocycles. The first-order valence-corrected chi connectivity index (χ1v) is 6.30. The third kappa shape index (κ3) is 3.16. The Kier molecular flexibility index (Phi) is 4.38. The van der Waals surface area contributed by atoms with Crippen molar-refractivity contribution < 1.29 is 14.7 Å². The molecule has 0 aliphatic carbocycles. The molecule has 4 nitrogen and oxygen atoms in total. The molecule has 0 aliphatic rings. The summed E-state index contributed by atoms with van der Waals surface area (Å²) in [5.41, 5.74) is 0.747. The van der Waals surface area contributed by atoms with Gasteiger partial charge in [0, 0.05) is 0 Å². The highest BCUT2D eigenvalue weighted by Gasteiger charge is 2.23. The van der Waals surface area contributed by atoms with E-state index >= 15 is 0 Å². The van der Waals surface area contributed by atoms with Gasteiger partial charge in [-0.15, -0.1) is 0 Å². The van der Waals surface area contributed by atoms with Gasteiger partial charge in [0.2, 0.25) is 0 Å². The van der Waals surface area contributed by atoms with Gasteiger partial charge in [-0.3, -0.25) is 4.79 Å². The van der Waals surface area contributed by atoms with Gasteiger partial charge in [0.1, 0.15) is 0 Å². The highest BCUT2D eigenvalue weighted by atomic mass is 35.5. The van der Waals surface area contributed by atoms with Crippen molar-refractivity contribution in [3.63, 3.8) is 0 Å². The third-order valence-corrected chi connectivity index (χ3v) is 3.10. The number of benzene rings is 2. The van der Waals surface area contributed by atoms with Crippen LogP contribution < -0.4 is 5.32 Å². The summed E-state index contributed by atoms with van der Waals surface area (Å²) < 4.78 is 0. The fraction of sp³-hybridized carbons (Fsp3) is 0.0667. The zero-order valence-electron chi connectivity index (χ0n) is 10.4. The van der Waals surface area contributed by atoms with E-state index in [2.05, 4.69) is 5.32 Å². The predicted molar refractivity (Wildman–Crippen MR) is 75.7 cm³/mol. The largest absolute Gasteiger partial charge is 0.479 e. The van der Waals surface area contributed by atoms with Crippen LogP contribution in [0.5, 0.6) is 0 Å². The lowest BCUT2D eigenvalue weighted by Gasteiger charge is -2.15. The summed E-state index contributed by atoms with van der Waals surface area (Å²) in [5.74, 6) is -1.65. The second-order valence-corrected chi connectivity index (χ2v) is 4.54. The molecule has 0 bridgehead atoms. The van der Waals surface area contributed by atoms with E-state index in [1.807, 2.05) is 0 Å². The van der Waals surface area contributed by atoms with Gasteiger partial charge >= 0.3 is 5.97 Å². The molecule has 0 spiro atoms. The maximum absolute atomic E-state index is 12.1. The van der Waals surface area contributed by atoms with Crippen molar-refractivity contribution in [3.05, 3.63) is 70.7 Å². The van der Waals surface area contributed by atoms with Crippen LogP contribution in [0.2, 0.25) is 5.02 Å². The van der Waals surface area contributed by atoms with Crippen molar-refractivity contribution in [1.29, 1.82) is 0 Å². The monoisotopic (exact) mass is 289 g/mol. The average Bonchev–Trinajstić information content (AvgIpc) is 2.45. The summed E-state index contributed by atoms with van der Waals surface area (Å²) >= 11 is 5.92. The standard InChI is InChI=1S/C15H12ClNO3/c16-12-9-5-4-8-11(12)14(18)17-13(15(19)20)10-6-2-1-3-7-10/h1-9,13H,(H,17,18)(H,19,20)/t13-/m0/s1. The van der Waals surface area contributed by atoms with Crippen LogP contribution in [0.1, 0.15) is 22.0 Å². The zero-order chi connectivity index (χ0) is 14.5. The van der Waals surface area contributed by atoms with Crippen molar-refractivity contribution in [2.24, 2.45) is 0 Å². The highest BCUT2D eigenvalue weighted by Crippen LogP contribution is 2.18. The Morgan fingerprint density at radius 2 is 1.60 bits per heavy atom. The molecule has 0 unspecified atom stereocenters. The number of halogens is 1. The van der Waals surface area contributed by atoms with Gasteiger partial charge < -0.3 is 10.4 Å². The molecule has 2 rings (SSSR count). The van der Waals surface area contributed by atoms with Gasteiger partial charge in [0.25, 0.3) is 5.91 Å². The van der Waals surface area contributed by atoms with Gasteiger partial charge in [0.15, 0.2) is 6.04 Å². The summed E-state index contributed by atoms with van der Waals surface area (Å²) in [5, 5.41) is 12.0. The summed E-state index contributed by atoms with van der Waals surface area (Å²) in [4.78, 5) is 23.4. The Hall–Kier alpha value is -2.33. The Bertz CT molecular complexity index is 628. The lowest BCUT2D eigenvalue weighted by molar-refractivity contribution is -0.139. The maximum Gasteiger partial charge on any atom is 0.330 e. The first kappa shape index (κ1) is 14.1. The van der Waals surface area contributed by atoms with E-state index in [1.165, 1.54) is 0 Å². The number of carboxylic acid groups (broad SMARTS) is 1. The number of hydrogen-bond acceptors (Lipinski definition) is 2. The number of nitrogens with one attached hydrogen (secondary N) is 1. The number of carboxylic acids is 1. The van der Waals surface area contributed by atoms with Crippen molar-refractivity contribution in [3.8, 4) is 0 Å². The summed E-state index contributed by atoms with van der Waals surface area (Å²) in [6.45, 7) is 0. The molecule has 1 atom stereocenters. The van der Waals surface area contributed by atoms with Crippen molar-refractivity contribution in [2.75, 3.05) is 0 Å². The maximum atomic E-state index is 12.1. The van der Waals surface area contributed by atoms with Crippen molar-refractivity contribution >= 4 is 23.5 Å². The van der Waals surface area contributed by atoms with Crippen LogP contribution in [0.25, 0.3) is 0 Å². The van der Waals surface area contributed by atoms with Crippen LogP contribution in [-0.2, 0) is 4.79 Å². The molecule has 20 heavy (non-hydrogen) atoms.